The van der Waals surface area contributed by atoms with Crippen LogP contribution in [0.15, 0.2) is 114 Å². The van der Waals surface area contributed by atoms with Gasteiger partial charge in [0, 0.05) is 23.9 Å². The van der Waals surface area contributed by atoms with Gasteiger partial charge >= 0.3 is 0 Å². The predicted octanol–water partition coefficient (Wildman–Crippen LogP) is 4.83. The predicted molar refractivity (Wildman–Crippen MR) is 157 cm³/mol. The van der Waals surface area contributed by atoms with Crippen LogP contribution in [-0.2, 0) is 16.0 Å². The summed E-state index contributed by atoms with van der Waals surface area (Å²) in [7, 11) is 2.00. The number of anilines is 1. The van der Waals surface area contributed by atoms with Crippen LogP contribution >= 0.6 is 0 Å². The average Bonchev–Trinajstić information content (AvgIpc) is 3.10. The third-order valence-corrected chi connectivity index (χ3v) is 6.85. The van der Waals surface area contributed by atoms with Crippen molar-refractivity contribution >= 4 is 23.2 Å². The molecule has 2 amide bonds. The van der Waals surface area contributed by atoms with E-state index in [0.29, 0.717) is 6.54 Å². The summed E-state index contributed by atoms with van der Waals surface area (Å²) in [5.41, 5.74) is 7.00. The van der Waals surface area contributed by atoms with Gasteiger partial charge in [0.05, 0.1) is 18.7 Å². The van der Waals surface area contributed by atoms with Crippen LogP contribution in [0.25, 0.3) is 11.1 Å². The van der Waals surface area contributed by atoms with Gasteiger partial charge in [0.2, 0.25) is 11.8 Å². The van der Waals surface area contributed by atoms with Gasteiger partial charge in [-0.05, 0) is 29.7 Å². The molecule has 0 radical (unpaired) electrons. The normalized spacial score (nSPS) is 15.4. The Kier molecular flexibility index (Phi) is 7.83. The molecule has 6 nitrogen and oxygen atoms in total. The Labute approximate surface area is 229 Å². The Morgan fingerprint density at radius 1 is 0.821 bits per heavy atom. The fourth-order valence-corrected chi connectivity index (χ4v) is 4.81. The Balaban J connectivity index is 1.24. The minimum Gasteiger partial charge on any atom is -0.370 e. The number of nitrogens with zero attached hydrogens (tertiary/aromatic N) is 2. The monoisotopic (exact) mass is 516 g/mol. The summed E-state index contributed by atoms with van der Waals surface area (Å²) < 4.78 is 0. The van der Waals surface area contributed by atoms with E-state index < -0.39 is 12.2 Å². The third kappa shape index (κ3) is 6.24. The van der Waals surface area contributed by atoms with Gasteiger partial charge in [0.1, 0.15) is 12.2 Å². The van der Waals surface area contributed by atoms with Crippen LogP contribution < -0.4 is 15.5 Å². The van der Waals surface area contributed by atoms with Crippen molar-refractivity contribution in [2.45, 2.75) is 25.6 Å². The van der Waals surface area contributed by atoms with Gasteiger partial charge in [0.15, 0.2) is 0 Å². The number of carbonyl (C=O) groups excluding carboxylic acids is 2. The molecule has 0 saturated heterocycles. The molecule has 196 valence electrons. The lowest BCUT2D eigenvalue weighted by Crippen LogP contribution is -2.50. The highest BCUT2D eigenvalue weighted by molar-refractivity contribution is 6.16. The number of rotatable bonds is 7. The maximum absolute atomic E-state index is 13.1. The molecule has 0 bridgehead atoms. The lowest BCUT2D eigenvalue weighted by atomic mass is 10.0. The van der Waals surface area contributed by atoms with Crippen LogP contribution in [0.4, 0.5) is 5.69 Å². The molecule has 1 heterocycles. The minimum atomic E-state index is -0.701. The molecule has 0 aromatic heterocycles. The van der Waals surface area contributed by atoms with Crippen LogP contribution in [0, 0.1) is 0 Å². The third-order valence-electron chi connectivity index (χ3n) is 6.85. The molecule has 1 aliphatic rings. The van der Waals surface area contributed by atoms with Crippen LogP contribution in [-0.4, -0.2) is 43.3 Å². The van der Waals surface area contributed by atoms with E-state index in [-0.39, 0.29) is 18.2 Å². The zero-order chi connectivity index (χ0) is 27.2. The number of amides is 2. The molecule has 0 fully saturated rings. The van der Waals surface area contributed by atoms with Crippen molar-refractivity contribution < 1.29 is 9.59 Å². The quantitative estimate of drug-likeness (QED) is 0.370. The maximum atomic E-state index is 13.1. The number of carbonyl (C=O) groups is 2. The first kappa shape index (κ1) is 25.9. The second kappa shape index (κ2) is 11.8. The molecule has 39 heavy (non-hydrogen) atoms. The number of fused-ring (bicyclic) bond motifs is 1. The first-order valence-corrected chi connectivity index (χ1v) is 13.2. The Morgan fingerprint density at radius 3 is 2.10 bits per heavy atom. The molecular weight excluding hydrogens is 484 g/mol. The molecule has 5 rings (SSSR count). The van der Waals surface area contributed by atoms with Crippen molar-refractivity contribution in [3.63, 3.8) is 0 Å². The minimum absolute atomic E-state index is 0.199. The van der Waals surface area contributed by atoms with Gasteiger partial charge in [-0.15, -0.1) is 0 Å². The van der Waals surface area contributed by atoms with Crippen LogP contribution in [0.1, 0.15) is 23.6 Å². The average molecular weight is 517 g/mol. The number of benzodiazepines with no additional fused rings is 1. The van der Waals surface area contributed by atoms with Gasteiger partial charge in [0.25, 0.3) is 0 Å². The van der Waals surface area contributed by atoms with Gasteiger partial charge in [-0.2, -0.15) is 0 Å². The topological polar surface area (TPSA) is 73.8 Å². The van der Waals surface area contributed by atoms with Crippen LogP contribution in [0.3, 0.4) is 0 Å². The van der Waals surface area contributed by atoms with E-state index in [2.05, 4.69) is 39.8 Å². The highest BCUT2D eigenvalue weighted by Gasteiger charge is 2.25. The molecule has 4 aromatic rings. The standard InChI is InChI=1S/C33H32N4O2/c1-23(34-31(38)21-24-17-19-26(20-18-24)25-11-5-3-6-12-25)33(39)36-30-22-37(2)29-16-10-9-15-28(29)32(35-30)27-13-7-4-8-14-27/h3-20,23,30H,21-22H2,1-2H3,(H,34,38)(H,36,39)/t23-,30+/m0/s1. The molecule has 1 aliphatic heterocycles. The van der Waals surface area contributed by atoms with Gasteiger partial charge in [-0.25, -0.2) is 0 Å². The summed E-state index contributed by atoms with van der Waals surface area (Å²) in [4.78, 5) is 32.9. The summed E-state index contributed by atoms with van der Waals surface area (Å²) in [5.74, 6) is -0.479. The first-order valence-electron chi connectivity index (χ1n) is 13.2. The molecule has 6 heteroatoms. The zero-order valence-corrected chi connectivity index (χ0v) is 22.2. The van der Waals surface area contributed by atoms with Crippen molar-refractivity contribution in [2.24, 2.45) is 4.99 Å². The molecule has 0 saturated carbocycles. The lowest BCUT2D eigenvalue weighted by Gasteiger charge is -2.24. The first-order chi connectivity index (χ1) is 19.0. The van der Waals surface area contributed by atoms with Gasteiger partial charge in [-0.1, -0.05) is 103 Å². The van der Waals surface area contributed by atoms with Gasteiger partial charge in [-0.3, -0.25) is 14.6 Å². The molecule has 2 N–H and O–H groups in total. The molecule has 2 atom stereocenters. The Hall–Kier alpha value is -4.71. The smallest absolute Gasteiger partial charge is 0.243 e. The molecule has 0 spiro atoms. The highest BCUT2D eigenvalue weighted by Crippen LogP contribution is 2.26. The van der Waals surface area contributed by atoms with Gasteiger partial charge < -0.3 is 15.5 Å². The number of aliphatic imine (C=N–C) groups is 1. The molecule has 0 aliphatic carbocycles. The number of para-hydroxylation sites is 1. The number of hydrogen-bond acceptors (Lipinski definition) is 4. The van der Waals surface area contributed by atoms with Crippen molar-refractivity contribution in [3.05, 3.63) is 126 Å². The summed E-state index contributed by atoms with van der Waals surface area (Å²) in [6.45, 7) is 2.20. The lowest BCUT2D eigenvalue weighted by molar-refractivity contribution is -0.128. The fourth-order valence-electron chi connectivity index (χ4n) is 4.81. The van der Waals surface area contributed by atoms with Crippen LogP contribution in [0.2, 0.25) is 0 Å². The van der Waals surface area contributed by atoms with E-state index in [9.17, 15) is 9.59 Å². The maximum Gasteiger partial charge on any atom is 0.243 e. The molecular formula is C33H32N4O2. The largest absolute Gasteiger partial charge is 0.370 e. The zero-order valence-electron chi connectivity index (χ0n) is 22.2. The van der Waals surface area contributed by atoms with Crippen LogP contribution in [0.5, 0.6) is 0 Å². The van der Waals surface area contributed by atoms with E-state index in [4.69, 9.17) is 4.99 Å². The molecule has 0 unspecified atom stereocenters. The Bertz CT molecular complexity index is 1470. The van der Waals surface area contributed by atoms with Crippen molar-refractivity contribution in [3.8, 4) is 11.1 Å². The number of likely N-dealkylation sites (N-methyl/N-ethyl adjacent to an activating group) is 1. The second-order valence-electron chi connectivity index (χ2n) is 9.79. The molecule has 4 aromatic carbocycles. The van der Waals surface area contributed by atoms with Crippen molar-refractivity contribution in [1.82, 2.24) is 10.6 Å². The summed E-state index contributed by atoms with van der Waals surface area (Å²) in [6, 6.07) is 35.4. The van der Waals surface area contributed by atoms with E-state index >= 15 is 0 Å². The van der Waals surface area contributed by atoms with Crippen molar-refractivity contribution in [1.29, 1.82) is 0 Å². The summed E-state index contributed by atoms with van der Waals surface area (Å²) in [5, 5.41) is 5.87. The van der Waals surface area contributed by atoms with E-state index in [1.807, 2.05) is 92.0 Å². The Morgan fingerprint density at radius 2 is 1.41 bits per heavy atom. The summed E-state index contributed by atoms with van der Waals surface area (Å²) >= 11 is 0. The highest BCUT2D eigenvalue weighted by atomic mass is 16.2. The number of benzene rings is 4. The SMILES string of the molecule is C[C@H](NC(=O)Cc1ccc(-c2ccccc2)cc1)C(=O)N[C@@H]1CN(C)c2ccccc2C(c2ccccc2)=N1. The number of nitrogens with one attached hydrogen (secondary N) is 2. The summed E-state index contributed by atoms with van der Waals surface area (Å²) in [6.07, 6.45) is -0.278. The number of hydrogen-bond donors (Lipinski definition) is 2. The second-order valence-corrected chi connectivity index (χ2v) is 9.79. The van der Waals surface area contributed by atoms with Crippen molar-refractivity contribution in [2.75, 3.05) is 18.5 Å². The fraction of sp³-hybridized carbons (Fsp3) is 0.182. The van der Waals surface area contributed by atoms with E-state index in [0.717, 1.165) is 39.2 Å². The van der Waals surface area contributed by atoms with E-state index in [1.54, 1.807) is 6.92 Å². The van der Waals surface area contributed by atoms with E-state index in [1.165, 1.54) is 0 Å².